The van der Waals surface area contributed by atoms with Crippen LogP contribution in [0.5, 0.6) is 0 Å². The summed E-state index contributed by atoms with van der Waals surface area (Å²) in [6.45, 7) is 3.80. The minimum Gasteiger partial charge on any atom is -0.372 e. The number of nitrogens with one attached hydrogen (secondary N) is 2. The topological polar surface area (TPSA) is 87.2 Å². The Hall–Kier alpha value is -3.35. The molecule has 0 bridgehead atoms. The van der Waals surface area contributed by atoms with Gasteiger partial charge in [-0.1, -0.05) is 12.1 Å². The normalized spacial score (nSPS) is 13.8. The number of aromatic nitrogens is 2. The summed E-state index contributed by atoms with van der Waals surface area (Å²) in [4.78, 5) is 39.5. The van der Waals surface area contributed by atoms with Gasteiger partial charge in [0.25, 0.3) is 11.1 Å². The number of hydrogen-bond donors (Lipinski definition) is 2. The van der Waals surface area contributed by atoms with E-state index >= 15 is 0 Å². The van der Waals surface area contributed by atoms with E-state index in [-0.39, 0.29) is 12.5 Å². The fraction of sp³-hybridized carbons (Fsp3) is 0.286. The third kappa shape index (κ3) is 3.43. The van der Waals surface area contributed by atoms with Crippen LogP contribution in [0.1, 0.15) is 18.4 Å². The molecule has 0 saturated carbocycles. The number of nitrogens with zero attached hydrogens (tertiary/aromatic N) is 2. The minimum atomic E-state index is -0.397. The second kappa shape index (κ2) is 7.34. The maximum atomic E-state index is 12.5. The summed E-state index contributed by atoms with van der Waals surface area (Å²) in [7, 11) is 0. The van der Waals surface area contributed by atoms with Gasteiger partial charge in [0, 0.05) is 24.5 Å². The molecule has 1 saturated heterocycles. The first-order valence-corrected chi connectivity index (χ1v) is 9.40. The molecule has 7 nitrogen and oxygen atoms in total. The van der Waals surface area contributed by atoms with Gasteiger partial charge in [0.2, 0.25) is 5.91 Å². The van der Waals surface area contributed by atoms with Crippen molar-refractivity contribution in [3.05, 3.63) is 68.7 Å². The highest BCUT2D eigenvalue weighted by Gasteiger charge is 2.14. The van der Waals surface area contributed by atoms with Crippen LogP contribution >= 0.6 is 0 Å². The summed E-state index contributed by atoms with van der Waals surface area (Å²) in [6, 6.07) is 12.5. The average Bonchev–Trinajstić information content (AvgIpc) is 3.22. The molecule has 1 amide bonds. The van der Waals surface area contributed by atoms with E-state index in [1.807, 2.05) is 19.1 Å². The summed E-state index contributed by atoms with van der Waals surface area (Å²) in [5.74, 6) is -0.370. The van der Waals surface area contributed by atoms with Crippen LogP contribution in [0.4, 0.5) is 11.4 Å². The summed E-state index contributed by atoms with van der Waals surface area (Å²) in [5, 5.41) is 5.92. The molecular formula is C21H22N4O3. The largest absolute Gasteiger partial charge is 0.372 e. The van der Waals surface area contributed by atoms with Crippen LogP contribution in [-0.4, -0.2) is 28.8 Å². The monoisotopic (exact) mass is 378 g/mol. The number of fused-ring (bicyclic) bond motifs is 1. The van der Waals surface area contributed by atoms with Gasteiger partial charge in [0.15, 0.2) is 0 Å². The second-order valence-electron chi connectivity index (χ2n) is 7.12. The molecule has 2 N–H and O–H groups in total. The van der Waals surface area contributed by atoms with Crippen LogP contribution in [0.25, 0.3) is 10.8 Å². The Kier molecular flexibility index (Phi) is 4.73. The van der Waals surface area contributed by atoms with Gasteiger partial charge in [0.1, 0.15) is 6.54 Å². The van der Waals surface area contributed by atoms with E-state index in [0.29, 0.717) is 16.5 Å². The van der Waals surface area contributed by atoms with Crippen LogP contribution in [0.2, 0.25) is 0 Å². The van der Waals surface area contributed by atoms with Gasteiger partial charge >= 0.3 is 0 Å². The van der Waals surface area contributed by atoms with Crippen molar-refractivity contribution in [2.24, 2.45) is 0 Å². The predicted octanol–water partition coefficient (Wildman–Crippen LogP) is 2.24. The predicted molar refractivity (Wildman–Crippen MR) is 110 cm³/mol. The van der Waals surface area contributed by atoms with Crippen molar-refractivity contribution >= 4 is 28.1 Å². The van der Waals surface area contributed by atoms with Crippen LogP contribution in [0.3, 0.4) is 0 Å². The lowest BCUT2D eigenvalue weighted by molar-refractivity contribution is -0.117. The van der Waals surface area contributed by atoms with Crippen molar-refractivity contribution in [3.63, 3.8) is 0 Å². The average molecular weight is 378 g/mol. The quantitative estimate of drug-likeness (QED) is 0.729. The Morgan fingerprint density at radius 2 is 1.79 bits per heavy atom. The third-order valence-electron chi connectivity index (χ3n) is 5.14. The van der Waals surface area contributed by atoms with Crippen molar-refractivity contribution in [2.45, 2.75) is 26.3 Å². The molecule has 3 aromatic rings. The van der Waals surface area contributed by atoms with Gasteiger partial charge in [-0.25, -0.2) is 4.68 Å². The zero-order chi connectivity index (χ0) is 19.7. The lowest BCUT2D eigenvalue weighted by atomic mass is 10.1. The number of carbonyl (C=O) groups excluding carboxylic acids is 1. The highest BCUT2D eigenvalue weighted by Crippen LogP contribution is 2.25. The smallest absolute Gasteiger partial charge is 0.273 e. The lowest BCUT2D eigenvalue weighted by Crippen LogP contribution is -2.34. The van der Waals surface area contributed by atoms with Crippen LogP contribution in [0.15, 0.2) is 52.1 Å². The molecule has 1 fully saturated rings. The summed E-state index contributed by atoms with van der Waals surface area (Å²) >= 11 is 0. The molecule has 28 heavy (non-hydrogen) atoms. The van der Waals surface area contributed by atoms with Gasteiger partial charge in [-0.15, -0.1) is 0 Å². The molecular weight excluding hydrogens is 356 g/mol. The maximum absolute atomic E-state index is 12.5. The molecule has 0 unspecified atom stereocenters. The molecule has 4 rings (SSSR count). The molecule has 144 valence electrons. The van der Waals surface area contributed by atoms with E-state index in [2.05, 4.69) is 21.4 Å². The highest BCUT2D eigenvalue weighted by molar-refractivity contribution is 5.91. The zero-order valence-electron chi connectivity index (χ0n) is 15.7. The first-order valence-electron chi connectivity index (χ1n) is 9.40. The van der Waals surface area contributed by atoms with Gasteiger partial charge in [-0.2, -0.15) is 0 Å². The van der Waals surface area contributed by atoms with Gasteiger partial charge in [0.05, 0.1) is 10.8 Å². The van der Waals surface area contributed by atoms with E-state index in [0.717, 1.165) is 29.0 Å². The molecule has 0 radical (unpaired) electrons. The number of anilines is 2. The molecule has 1 aliphatic rings. The summed E-state index contributed by atoms with van der Waals surface area (Å²) in [6.07, 6.45) is 2.41. The number of amides is 1. The molecule has 0 aliphatic carbocycles. The number of benzene rings is 2. The van der Waals surface area contributed by atoms with Gasteiger partial charge < -0.3 is 10.2 Å². The van der Waals surface area contributed by atoms with Crippen molar-refractivity contribution in [3.8, 4) is 0 Å². The van der Waals surface area contributed by atoms with Crippen molar-refractivity contribution in [2.75, 3.05) is 23.3 Å². The molecule has 2 aromatic carbocycles. The second-order valence-corrected chi connectivity index (χ2v) is 7.12. The lowest BCUT2D eigenvalue weighted by Gasteiger charge is -2.19. The molecule has 7 heteroatoms. The van der Waals surface area contributed by atoms with Crippen molar-refractivity contribution < 1.29 is 4.79 Å². The fourth-order valence-electron chi connectivity index (χ4n) is 3.65. The highest BCUT2D eigenvalue weighted by atomic mass is 16.2. The Balaban J connectivity index is 1.53. The van der Waals surface area contributed by atoms with E-state index in [4.69, 9.17) is 0 Å². The van der Waals surface area contributed by atoms with E-state index in [9.17, 15) is 14.4 Å². The molecule has 1 aromatic heterocycles. The molecule has 2 heterocycles. The zero-order valence-corrected chi connectivity index (χ0v) is 15.7. The van der Waals surface area contributed by atoms with Crippen LogP contribution in [0, 0.1) is 6.92 Å². The van der Waals surface area contributed by atoms with E-state index in [1.165, 1.54) is 12.8 Å². The number of carbonyl (C=O) groups is 1. The third-order valence-corrected chi connectivity index (χ3v) is 5.14. The van der Waals surface area contributed by atoms with Crippen LogP contribution < -0.4 is 21.3 Å². The molecule has 1 aliphatic heterocycles. The first kappa shape index (κ1) is 18.0. The Morgan fingerprint density at radius 1 is 1.07 bits per heavy atom. The standard InChI is InChI=1S/C21H22N4O3/c1-14-12-15(24-10-4-5-11-24)8-9-18(14)22-19(26)13-25-21(28)17-7-3-2-6-16(17)20(27)23-25/h2-3,6-9,12H,4-5,10-11,13H2,1H3,(H,22,26)(H,23,27). The van der Waals surface area contributed by atoms with E-state index in [1.54, 1.807) is 24.3 Å². The fourth-order valence-corrected chi connectivity index (χ4v) is 3.65. The van der Waals surface area contributed by atoms with Crippen molar-refractivity contribution in [1.29, 1.82) is 0 Å². The SMILES string of the molecule is Cc1cc(N2CCCC2)ccc1NC(=O)Cn1[nH]c(=O)c2ccccc2c1=O. The minimum absolute atomic E-state index is 0.258. The number of aromatic amines is 1. The molecule has 0 spiro atoms. The number of H-pyrrole nitrogens is 1. The molecule has 0 atom stereocenters. The van der Waals surface area contributed by atoms with Crippen LogP contribution in [-0.2, 0) is 11.3 Å². The van der Waals surface area contributed by atoms with E-state index < -0.39 is 11.1 Å². The summed E-state index contributed by atoms with van der Waals surface area (Å²) < 4.78 is 1.05. The summed E-state index contributed by atoms with van der Waals surface area (Å²) in [5.41, 5.74) is 2.02. The van der Waals surface area contributed by atoms with Crippen molar-refractivity contribution in [1.82, 2.24) is 9.78 Å². The number of rotatable bonds is 4. The number of hydrogen-bond acceptors (Lipinski definition) is 4. The van der Waals surface area contributed by atoms with Gasteiger partial charge in [-0.3, -0.25) is 19.5 Å². The Labute approximate surface area is 161 Å². The Bertz CT molecular complexity index is 1160. The first-order chi connectivity index (χ1) is 13.5. The number of aryl methyl sites for hydroxylation is 1. The van der Waals surface area contributed by atoms with Gasteiger partial charge in [-0.05, 0) is 55.7 Å². The Morgan fingerprint density at radius 3 is 2.50 bits per heavy atom. The maximum Gasteiger partial charge on any atom is 0.273 e.